The molecule has 5 aromatic rings. The molecule has 1 aliphatic heterocycles. The molecule has 2 aromatic heterocycles. The maximum Gasteiger partial charge on any atom is 0.274 e. The van der Waals surface area contributed by atoms with Gasteiger partial charge in [-0.15, -0.1) is 0 Å². The summed E-state index contributed by atoms with van der Waals surface area (Å²) >= 11 is 7.81. The van der Waals surface area contributed by atoms with Crippen molar-refractivity contribution in [3.63, 3.8) is 0 Å². The Labute approximate surface area is 190 Å². The Morgan fingerprint density at radius 3 is 2.88 bits per heavy atom. The standard InChI is InChI=1S/C24H15ClN2O4S/c25-16-9-14(5-7-19(16)29-12-15-6-8-20-21(10-15)31-13-30-20)11-22-23(28)27-18-4-2-1-3-17(18)26-24(27)32-22/h1-11H,12-13H2. The van der Waals surface area contributed by atoms with Gasteiger partial charge in [-0.1, -0.05) is 47.2 Å². The predicted octanol–water partition coefficient (Wildman–Crippen LogP) is 4.42. The summed E-state index contributed by atoms with van der Waals surface area (Å²) in [6.45, 7) is 0.584. The molecule has 0 aliphatic carbocycles. The number of imidazole rings is 1. The lowest BCUT2D eigenvalue weighted by atomic mass is 10.2. The van der Waals surface area contributed by atoms with Crippen LogP contribution in [-0.4, -0.2) is 16.2 Å². The van der Waals surface area contributed by atoms with Crippen LogP contribution in [0.1, 0.15) is 11.1 Å². The van der Waals surface area contributed by atoms with Gasteiger partial charge in [0.2, 0.25) is 6.79 Å². The molecule has 0 bridgehead atoms. The highest BCUT2D eigenvalue weighted by Gasteiger charge is 2.14. The van der Waals surface area contributed by atoms with Crippen molar-refractivity contribution in [2.45, 2.75) is 6.61 Å². The van der Waals surface area contributed by atoms with Crippen molar-refractivity contribution in [2.75, 3.05) is 6.79 Å². The Kier molecular flexibility index (Phi) is 4.52. The summed E-state index contributed by atoms with van der Waals surface area (Å²) < 4.78 is 18.9. The topological polar surface area (TPSA) is 62.1 Å². The number of nitrogens with zero attached hydrogens (tertiary/aromatic N) is 2. The number of hydrogen-bond acceptors (Lipinski definition) is 6. The van der Waals surface area contributed by atoms with E-state index in [-0.39, 0.29) is 12.4 Å². The molecule has 0 unspecified atom stereocenters. The van der Waals surface area contributed by atoms with Crippen LogP contribution in [0.25, 0.3) is 22.1 Å². The number of aromatic nitrogens is 2. The number of hydrogen-bond donors (Lipinski definition) is 0. The van der Waals surface area contributed by atoms with E-state index in [1.54, 1.807) is 16.5 Å². The molecule has 0 amide bonds. The van der Waals surface area contributed by atoms with E-state index >= 15 is 0 Å². The molecule has 0 radical (unpaired) electrons. The van der Waals surface area contributed by atoms with Crippen LogP contribution in [0.2, 0.25) is 5.02 Å². The first-order valence-electron chi connectivity index (χ1n) is 9.88. The number of halogens is 1. The van der Waals surface area contributed by atoms with Gasteiger partial charge in [0, 0.05) is 0 Å². The van der Waals surface area contributed by atoms with Crippen molar-refractivity contribution in [1.82, 2.24) is 9.38 Å². The van der Waals surface area contributed by atoms with Crippen molar-refractivity contribution in [3.05, 3.63) is 91.7 Å². The van der Waals surface area contributed by atoms with Crippen LogP contribution < -0.4 is 24.3 Å². The zero-order chi connectivity index (χ0) is 21.7. The number of para-hydroxylation sites is 2. The minimum absolute atomic E-state index is 0.0852. The van der Waals surface area contributed by atoms with E-state index in [1.807, 2.05) is 54.6 Å². The van der Waals surface area contributed by atoms with Crippen molar-refractivity contribution >= 4 is 45.0 Å². The molecule has 158 valence electrons. The zero-order valence-corrected chi connectivity index (χ0v) is 18.2. The minimum Gasteiger partial charge on any atom is -0.487 e. The van der Waals surface area contributed by atoms with Crippen LogP contribution >= 0.6 is 22.9 Å². The summed E-state index contributed by atoms with van der Waals surface area (Å²) in [7, 11) is 0. The maximum atomic E-state index is 12.9. The van der Waals surface area contributed by atoms with E-state index in [0.29, 0.717) is 32.6 Å². The average Bonchev–Trinajstić information content (AvgIpc) is 3.48. The van der Waals surface area contributed by atoms with Gasteiger partial charge in [0.05, 0.1) is 20.6 Å². The third kappa shape index (κ3) is 3.26. The second-order valence-corrected chi connectivity index (χ2v) is 8.72. The van der Waals surface area contributed by atoms with Crippen LogP contribution in [-0.2, 0) is 6.61 Å². The number of thiazole rings is 1. The van der Waals surface area contributed by atoms with E-state index in [4.69, 9.17) is 25.8 Å². The SMILES string of the molecule is O=c1c(=Cc2ccc(OCc3ccc4c(c3)OCO4)c(Cl)c2)sc2nc3ccccc3n12. The lowest BCUT2D eigenvalue weighted by Crippen LogP contribution is -2.22. The molecule has 0 N–H and O–H groups in total. The molecule has 3 aromatic carbocycles. The first kappa shape index (κ1) is 19.2. The Hall–Kier alpha value is -3.55. The second-order valence-electron chi connectivity index (χ2n) is 7.30. The van der Waals surface area contributed by atoms with Crippen molar-refractivity contribution in [1.29, 1.82) is 0 Å². The quantitative estimate of drug-likeness (QED) is 0.395. The van der Waals surface area contributed by atoms with Crippen molar-refractivity contribution < 1.29 is 14.2 Å². The largest absolute Gasteiger partial charge is 0.487 e. The van der Waals surface area contributed by atoms with Crippen LogP contribution in [0.5, 0.6) is 17.2 Å². The summed E-state index contributed by atoms with van der Waals surface area (Å²) in [5.41, 5.74) is 3.31. The fraction of sp³-hybridized carbons (Fsp3) is 0.0833. The summed E-state index contributed by atoms with van der Waals surface area (Å²) in [6, 6.07) is 18.8. The molecule has 1 aliphatic rings. The molecular weight excluding hydrogens is 448 g/mol. The number of fused-ring (bicyclic) bond motifs is 4. The van der Waals surface area contributed by atoms with E-state index < -0.39 is 0 Å². The highest BCUT2D eigenvalue weighted by molar-refractivity contribution is 7.15. The Bertz CT molecular complexity index is 1610. The van der Waals surface area contributed by atoms with Crippen LogP contribution in [0.15, 0.2) is 65.5 Å². The monoisotopic (exact) mass is 462 g/mol. The van der Waals surface area contributed by atoms with Gasteiger partial charge in [0.25, 0.3) is 5.56 Å². The van der Waals surface area contributed by atoms with Crippen molar-refractivity contribution in [3.8, 4) is 17.2 Å². The molecule has 3 heterocycles. The Balaban J connectivity index is 1.27. The van der Waals surface area contributed by atoms with Gasteiger partial charge >= 0.3 is 0 Å². The number of rotatable bonds is 4. The fourth-order valence-corrected chi connectivity index (χ4v) is 4.91. The van der Waals surface area contributed by atoms with Gasteiger partial charge in [0.15, 0.2) is 16.5 Å². The predicted molar refractivity (Wildman–Crippen MR) is 124 cm³/mol. The first-order valence-corrected chi connectivity index (χ1v) is 11.1. The highest BCUT2D eigenvalue weighted by Crippen LogP contribution is 2.33. The van der Waals surface area contributed by atoms with E-state index in [9.17, 15) is 4.79 Å². The summed E-state index contributed by atoms with van der Waals surface area (Å²) in [5, 5.41) is 0.471. The summed E-state index contributed by atoms with van der Waals surface area (Å²) in [4.78, 5) is 18.1. The normalized spacial score (nSPS) is 13.3. The molecular formula is C24H15ClN2O4S. The van der Waals surface area contributed by atoms with Gasteiger partial charge < -0.3 is 14.2 Å². The van der Waals surface area contributed by atoms with Gasteiger partial charge in [-0.25, -0.2) is 9.38 Å². The van der Waals surface area contributed by atoms with Gasteiger partial charge in [-0.2, -0.15) is 0 Å². The van der Waals surface area contributed by atoms with Gasteiger partial charge in [-0.05, 0) is 53.6 Å². The summed E-state index contributed by atoms with van der Waals surface area (Å²) in [5.74, 6) is 2.01. The molecule has 6 nitrogen and oxygen atoms in total. The van der Waals surface area contributed by atoms with Crippen LogP contribution in [0.4, 0.5) is 0 Å². The minimum atomic E-state index is -0.0852. The molecule has 0 atom stereocenters. The molecule has 0 saturated heterocycles. The zero-order valence-electron chi connectivity index (χ0n) is 16.6. The molecule has 8 heteroatoms. The number of ether oxygens (including phenoxy) is 3. The highest BCUT2D eigenvalue weighted by atomic mass is 35.5. The lowest BCUT2D eigenvalue weighted by Gasteiger charge is -2.09. The number of benzene rings is 3. The molecule has 6 rings (SSSR count). The van der Waals surface area contributed by atoms with Crippen molar-refractivity contribution in [2.24, 2.45) is 0 Å². The molecule has 0 spiro atoms. The summed E-state index contributed by atoms with van der Waals surface area (Å²) in [6.07, 6.45) is 1.82. The molecule has 0 saturated carbocycles. The lowest BCUT2D eigenvalue weighted by molar-refractivity contribution is 0.174. The van der Waals surface area contributed by atoms with E-state index in [2.05, 4.69) is 4.98 Å². The third-order valence-corrected chi connectivity index (χ3v) is 6.49. The molecule has 0 fully saturated rings. The second kappa shape index (κ2) is 7.55. The van der Waals surface area contributed by atoms with Crippen LogP contribution in [0, 0.1) is 0 Å². The average molecular weight is 463 g/mol. The Morgan fingerprint density at radius 2 is 1.97 bits per heavy atom. The fourth-order valence-electron chi connectivity index (χ4n) is 3.68. The van der Waals surface area contributed by atoms with E-state index in [1.165, 1.54) is 11.3 Å². The third-order valence-electron chi connectivity index (χ3n) is 5.23. The first-order chi connectivity index (χ1) is 15.7. The smallest absolute Gasteiger partial charge is 0.274 e. The van der Waals surface area contributed by atoms with Crippen LogP contribution in [0.3, 0.4) is 0 Å². The maximum absolute atomic E-state index is 12.9. The van der Waals surface area contributed by atoms with Gasteiger partial charge in [-0.3, -0.25) is 4.79 Å². The molecule has 32 heavy (non-hydrogen) atoms. The van der Waals surface area contributed by atoms with Gasteiger partial charge in [0.1, 0.15) is 12.4 Å². The Morgan fingerprint density at radius 1 is 1.09 bits per heavy atom. The van der Waals surface area contributed by atoms with E-state index in [0.717, 1.165) is 27.9 Å².